The second-order valence-electron chi connectivity index (χ2n) is 3.09. The zero-order chi connectivity index (χ0) is 9.97. The van der Waals surface area contributed by atoms with Gasteiger partial charge < -0.3 is 9.15 Å². The Morgan fingerprint density at radius 1 is 1.29 bits per heavy atom. The Morgan fingerprint density at radius 2 is 2.00 bits per heavy atom. The number of aryl methyl sites for hydroxylation is 2. The predicted octanol–water partition coefficient (Wildman–Crippen LogP) is 2.88. The largest absolute Gasteiger partial charge is 0.424 e. The van der Waals surface area contributed by atoms with Crippen LogP contribution in [0.4, 0.5) is 0 Å². The third-order valence-corrected chi connectivity index (χ3v) is 1.98. The van der Waals surface area contributed by atoms with Crippen LogP contribution in [0.1, 0.15) is 11.1 Å². The summed E-state index contributed by atoms with van der Waals surface area (Å²) < 4.78 is 10.4. The van der Waals surface area contributed by atoms with E-state index in [2.05, 4.69) is 11.4 Å². The van der Waals surface area contributed by atoms with Crippen molar-refractivity contribution < 1.29 is 9.15 Å². The maximum absolute atomic E-state index is 5.52. The van der Waals surface area contributed by atoms with E-state index in [4.69, 9.17) is 9.15 Å². The van der Waals surface area contributed by atoms with Crippen molar-refractivity contribution >= 4 is 0 Å². The van der Waals surface area contributed by atoms with Crippen LogP contribution in [0.5, 0.6) is 11.7 Å². The molecule has 0 N–H and O–H groups in total. The van der Waals surface area contributed by atoms with E-state index < -0.39 is 0 Å². The summed E-state index contributed by atoms with van der Waals surface area (Å²) in [7, 11) is 0. The summed E-state index contributed by atoms with van der Waals surface area (Å²) in [5.74, 6) is 1.18. The van der Waals surface area contributed by atoms with Crippen molar-refractivity contribution in [2.45, 2.75) is 13.8 Å². The summed E-state index contributed by atoms with van der Waals surface area (Å²) in [4.78, 5) is 3.66. The molecule has 0 unspecified atom stereocenters. The number of hydrogen-bond acceptors (Lipinski definition) is 3. The van der Waals surface area contributed by atoms with Gasteiger partial charge in [-0.15, -0.1) is 0 Å². The molecule has 0 bridgehead atoms. The van der Waals surface area contributed by atoms with Crippen LogP contribution in [0.2, 0.25) is 0 Å². The third kappa shape index (κ3) is 1.62. The van der Waals surface area contributed by atoms with Crippen molar-refractivity contribution in [3.8, 4) is 11.7 Å². The molecule has 0 atom stereocenters. The van der Waals surface area contributed by atoms with Crippen LogP contribution in [-0.4, -0.2) is 4.98 Å². The molecule has 2 aromatic rings. The lowest BCUT2D eigenvalue weighted by Crippen LogP contribution is -1.89. The molecule has 0 fully saturated rings. The normalized spacial score (nSPS) is 10.1. The fourth-order valence-corrected chi connectivity index (χ4v) is 1.28. The SMILES string of the molecule is Cc1cccc(C)c1Oc1cn[c]o1. The molecule has 2 rings (SSSR count). The smallest absolute Gasteiger partial charge is 0.311 e. The van der Waals surface area contributed by atoms with Crippen molar-refractivity contribution in [1.29, 1.82) is 0 Å². The first-order chi connectivity index (χ1) is 6.77. The van der Waals surface area contributed by atoms with E-state index >= 15 is 0 Å². The Morgan fingerprint density at radius 3 is 2.57 bits per heavy atom. The highest BCUT2D eigenvalue weighted by Gasteiger charge is 2.06. The topological polar surface area (TPSA) is 35.3 Å². The zero-order valence-corrected chi connectivity index (χ0v) is 8.07. The lowest BCUT2D eigenvalue weighted by atomic mass is 10.1. The number of rotatable bonds is 2. The van der Waals surface area contributed by atoms with E-state index in [9.17, 15) is 0 Å². The highest BCUT2D eigenvalue weighted by atomic mass is 16.6. The Kier molecular flexibility index (Phi) is 2.23. The average Bonchev–Trinajstić information content (AvgIpc) is 2.64. The van der Waals surface area contributed by atoms with Crippen LogP contribution in [-0.2, 0) is 0 Å². The van der Waals surface area contributed by atoms with Crippen LogP contribution in [0.25, 0.3) is 0 Å². The molecule has 0 aliphatic carbocycles. The fourth-order valence-electron chi connectivity index (χ4n) is 1.28. The average molecular weight is 188 g/mol. The minimum absolute atomic E-state index is 0.363. The Balaban J connectivity index is 2.33. The van der Waals surface area contributed by atoms with E-state index in [1.165, 1.54) is 6.20 Å². The van der Waals surface area contributed by atoms with Crippen LogP contribution in [0, 0.1) is 20.2 Å². The van der Waals surface area contributed by atoms with Gasteiger partial charge in [-0.25, -0.2) is 4.98 Å². The number of oxazole rings is 1. The molecule has 0 saturated heterocycles. The molecule has 1 radical (unpaired) electrons. The summed E-state index contributed by atoms with van der Waals surface area (Å²) in [5.41, 5.74) is 2.14. The summed E-state index contributed by atoms with van der Waals surface area (Å²) in [6, 6.07) is 5.97. The molecule has 1 aromatic heterocycles. The van der Waals surface area contributed by atoms with Gasteiger partial charge in [-0.3, -0.25) is 0 Å². The minimum atomic E-state index is 0.363. The molecule has 0 saturated carbocycles. The molecule has 0 aliphatic heterocycles. The Labute approximate surface area is 82.3 Å². The quantitative estimate of drug-likeness (QED) is 0.726. The van der Waals surface area contributed by atoms with Gasteiger partial charge in [-0.1, -0.05) is 18.2 Å². The van der Waals surface area contributed by atoms with Gasteiger partial charge in [-0.2, -0.15) is 0 Å². The van der Waals surface area contributed by atoms with Gasteiger partial charge >= 0.3 is 5.95 Å². The maximum Gasteiger partial charge on any atom is 0.311 e. The summed E-state index contributed by atoms with van der Waals surface area (Å²) in [6.07, 6.45) is 3.83. The molecule has 1 aromatic carbocycles. The van der Waals surface area contributed by atoms with Gasteiger partial charge in [-0.05, 0) is 25.0 Å². The lowest BCUT2D eigenvalue weighted by molar-refractivity contribution is 0.340. The standard InChI is InChI=1S/C11H10NO2/c1-8-4-3-5-9(2)11(8)14-10-6-12-7-13-10/h3-6H,1-2H3. The fraction of sp³-hybridized carbons (Fsp3) is 0.182. The molecule has 0 amide bonds. The second-order valence-corrected chi connectivity index (χ2v) is 3.09. The molecular formula is C11H10NO2. The first-order valence-corrected chi connectivity index (χ1v) is 4.33. The van der Waals surface area contributed by atoms with Crippen LogP contribution < -0.4 is 4.74 Å². The molecule has 3 nitrogen and oxygen atoms in total. The first-order valence-electron chi connectivity index (χ1n) is 4.33. The molecule has 71 valence electrons. The summed E-state index contributed by atoms with van der Waals surface area (Å²) in [5, 5.41) is 0. The van der Waals surface area contributed by atoms with Gasteiger partial charge in [0.15, 0.2) is 0 Å². The van der Waals surface area contributed by atoms with Crippen molar-refractivity contribution in [3.05, 3.63) is 41.9 Å². The lowest BCUT2D eigenvalue weighted by Gasteiger charge is -2.07. The van der Waals surface area contributed by atoms with E-state index in [0.717, 1.165) is 16.9 Å². The van der Waals surface area contributed by atoms with E-state index in [1.807, 2.05) is 32.0 Å². The third-order valence-electron chi connectivity index (χ3n) is 1.98. The minimum Gasteiger partial charge on any atom is -0.424 e. The van der Waals surface area contributed by atoms with Crippen LogP contribution >= 0.6 is 0 Å². The zero-order valence-electron chi connectivity index (χ0n) is 8.07. The van der Waals surface area contributed by atoms with E-state index in [0.29, 0.717) is 5.95 Å². The van der Waals surface area contributed by atoms with Crippen LogP contribution in [0.15, 0.2) is 28.8 Å². The molecule has 1 heterocycles. The molecule has 0 spiro atoms. The molecular weight excluding hydrogens is 178 g/mol. The van der Waals surface area contributed by atoms with Crippen molar-refractivity contribution in [2.75, 3.05) is 0 Å². The highest BCUT2D eigenvalue weighted by molar-refractivity contribution is 5.41. The van der Waals surface area contributed by atoms with E-state index in [-0.39, 0.29) is 0 Å². The van der Waals surface area contributed by atoms with Crippen LogP contribution in [0.3, 0.4) is 0 Å². The molecule has 0 aliphatic rings. The number of ether oxygens (including phenoxy) is 1. The van der Waals surface area contributed by atoms with Gasteiger partial charge in [0, 0.05) is 0 Å². The number of aromatic nitrogens is 1. The van der Waals surface area contributed by atoms with Gasteiger partial charge in [0.2, 0.25) is 0 Å². The number of benzene rings is 1. The second kappa shape index (κ2) is 3.54. The highest BCUT2D eigenvalue weighted by Crippen LogP contribution is 2.27. The van der Waals surface area contributed by atoms with E-state index in [1.54, 1.807) is 0 Å². The van der Waals surface area contributed by atoms with Crippen molar-refractivity contribution in [1.82, 2.24) is 4.98 Å². The first kappa shape index (κ1) is 8.81. The van der Waals surface area contributed by atoms with Crippen molar-refractivity contribution in [3.63, 3.8) is 0 Å². The predicted molar refractivity (Wildman–Crippen MR) is 51.3 cm³/mol. The molecule has 14 heavy (non-hydrogen) atoms. The maximum atomic E-state index is 5.52. The summed E-state index contributed by atoms with van der Waals surface area (Å²) in [6.45, 7) is 3.98. The van der Waals surface area contributed by atoms with Gasteiger partial charge in [0.1, 0.15) is 11.9 Å². The Bertz CT molecular complexity index is 401. The van der Waals surface area contributed by atoms with Gasteiger partial charge in [0.05, 0.1) is 0 Å². The van der Waals surface area contributed by atoms with Gasteiger partial charge in [0.25, 0.3) is 6.39 Å². The van der Waals surface area contributed by atoms with Crippen molar-refractivity contribution in [2.24, 2.45) is 0 Å². The summed E-state index contributed by atoms with van der Waals surface area (Å²) >= 11 is 0. The monoisotopic (exact) mass is 188 g/mol. The number of para-hydroxylation sites is 1. The molecule has 3 heteroatoms. The number of nitrogens with zero attached hydrogens (tertiary/aromatic N) is 1. The number of hydrogen-bond donors (Lipinski definition) is 0. The Hall–Kier alpha value is -1.77.